The Morgan fingerprint density at radius 1 is 1.05 bits per heavy atom. The Balaban J connectivity index is 2.62. The highest BCUT2D eigenvalue weighted by atomic mass is 16.5. The summed E-state index contributed by atoms with van der Waals surface area (Å²) in [5, 5.41) is 0. The lowest BCUT2D eigenvalue weighted by Gasteiger charge is -2.13. The van der Waals surface area contributed by atoms with E-state index in [9.17, 15) is 4.79 Å². The molecule has 2 aromatic rings. The maximum absolute atomic E-state index is 11.3. The molecule has 1 aromatic carbocycles. The van der Waals surface area contributed by atoms with Crippen LogP contribution in [0.15, 0.2) is 29.2 Å². The van der Waals surface area contributed by atoms with Crippen LogP contribution in [0, 0.1) is 0 Å². The van der Waals surface area contributed by atoms with E-state index in [1.807, 2.05) is 0 Å². The molecular weight excluding hydrogens is 248 g/mol. The molecule has 6 nitrogen and oxygen atoms in total. The highest BCUT2D eigenvalue weighted by Crippen LogP contribution is 2.40. The Bertz CT molecular complexity index is 612. The van der Waals surface area contributed by atoms with E-state index in [2.05, 4.69) is 9.97 Å². The van der Waals surface area contributed by atoms with Gasteiger partial charge in [-0.3, -0.25) is 4.79 Å². The van der Waals surface area contributed by atoms with Gasteiger partial charge >= 0.3 is 0 Å². The van der Waals surface area contributed by atoms with Gasteiger partial charge in [0.15, 0.2) is 11.5 Å². The van der Waals surface area contributed by atoms with Crippen molar-refractivity contribution in [2.45, 2.75) is 0 Å². The Kier molecular flexibility index (Phi) is 3.70. The van der Waals surface area contributed by atoms with Crippen LogP contribution in [-0.4, -0.2) is 31.3 Å². The molecule has 0 bridgehead atoms. The van der Waals surface area contributed by atoms with Gasteiger partial charge < -0.3 is 19.2 Å². The van der Waals surface area contributed by atoms with Crippen LogP contribution in [0.25, 0.3) is 11.4 Å². The van der Waals surface area contributed by atoms with E-state index >= 15 is 0 Å². The molecule has 0 saturated heterocycles. The van der Waals surface area contributed by atoms with Gasteiger partial charge in [0, 0.05) is 17.8 Å². The van der Waals surface area contributed by atoms with Gasteiger partial charge in [0.25, 0.3) is 5.56 Å². The van der Waals surface area contributed by atoms with E-state index in [1.54, 1.807) is 12.1 Å². The molecule has 0 aliphatic rings. The highest BCUT2D eigenvalue weighted by Gasteiger charge is 2.14. The van der Waals surface area contributed by atoms with E-state index in [0.29, 0.717) is 28.6 Å². The van der Waals surface area contributed by atoms with Crippen molar-refractivity contribution in [3.8, 4) is 28.6 Å². The van der Waals surface area contributed by atoms with Crippen LogP contribution in [0.4, 0.5) is 0 Å². The van der Waals surface area contributed by atoms with E-state index < -0.39 is 0 Å². The first-order valence-electron chi connectivity index (χ1n) is 5.55. The number of ether oxygens (including phenoxy) is 3. The number of aromatic amines is 1. The van der Waals surface area contributed by atoms with E-state index in [1.165, 1.54) is 33.6 Å². The lowest BCUT2D eigenvalue weighted by Crippen LogP contribution is -2.06. The zero-order valence-corrected chi connectivity index (χ0v) is 10.9. The van der Waals surface area contributed by atoms with Gasteiger partial charge in [-0.15, -0.1) is 0 Å². The molecule has 0 amide bonds. The fraction of sp³-hybridized carbons (Fsp3) is 0.231. The van der Waals surface area contributed by atoms with Gasteiger partial charge in [-0.2, -0.15) is 0 Å². The van der Waals surface area contributed by atoms with Crippen LogP contribution in [-0.2, 0) is 0 Å². The largest absolute Gasteiger partial charge is 0.493 e. The minimum atomic E-state index is -0.223. The van der Waals surface area contributed by atoms with Crippen molar-refractivity contribution >= 4 is 0 Å². The monoisotopic (exact) mass is 262 g/mol. The summed E-state index contributed by atoms with van der Waals surface area (Å²) in [7, 11) is 4.59. The summed E-state index contributed by atoms with van der Waals surface area (Å²) in [5.74, 6) is 1.94. The number of benzene rings is 1. The lowest BCUT2D eigenvalue weighted by atomic mass is 10.1. The number of nitrogens with one attached hydrogen (secondary N) is 1. The molecule has 1 heterocycles. The molecule has 0 atom stereocenters. The maximum atomic E-state index is 11.3. The van der Waals surface area contributed by atoms with Crippen molar-refractivity contribution in [3.05, 3.63) is 34.7 Å². The van der Waals surface area contributed by atoms with E-state index in [-0.39, 0.29) is 5.56 Å². The van der Waals surface area contributed by atoms with Crippen molar-refractivity contribution in [2.24, 2.45) is 0 Å². The average Bonchev–Trinajstić information content (AvgIpc) is 2.45. The van der Waals surface area contributed by atoms with Gasteiger partial charge in [-0.1, -0.05) is 0 Å². The van der Waals surface area contributed by atoms with Crippen LogP contribution >= 0.6 is 0 Å². The first kappa shape index (κ1) is 12.9. The smallest absolute Gasteiger partial charge is 0.251 e. The topological polar surface area (TPSA) is 73.4 Å². The number of methoxy groups -OCH3 is 3. The lowest BCUT2D eigenvalue weighted by molar-refractivity contribution is 0.324. The van der Waals surface area contributed by atoms with Crippen LogP contribution in [0.5, 0.6) is 17.2 Å². The molecule has 100 valence electrons. The minimum absolute atomic E-state index is 0.223. The number of H-pyrrole nitrogens is 1. The first-order chi connectivity index (χ1) is 9.19. The fourth-order valence-electron chi connectivity index (χ4n) is 1.73. The molecule has 1 N–H and O–H groups in total. The third-order valence-corrected chi connectivity index (χ3v) is 2.61. The molecule has 0 aliphatic carbocycles. The third kappa shape index (κ3) is 2.52. The summed E-state index contributed by atoms with van der Waals surface area (Å²) in [4.78, 5) is 18.1. The molecule has 0 spiro atoms. The van der Waals surface area contributed by atoms with Gasteiger partial charge in [-0.25, -0.2) is 4.98 Å². The van der Waals surface area contributed by atoms with Crippen molar-refractivity contribution < 1.29 is 14.2 Å². The Morgan fingerprint density at radius 2 is 1.68 bits per heavy atom. The highest BCUT2D eigenvalue weighted by molar-refractivity contribution is 5.66. The summed E-state index contributed by atoms with van der Waals surface area (Å²) in [5.41, 5.74) is 0.450. The number of nitrogens with zero attached hydrogens (tertiary/aromatic N) is 1. The molecule has 6 heteroatoms. The molecule has 0 fully saturated rings. The fourth-order valence-corrected chi connectivity index (χ4v) is 1.73. The average molecular weight is 262 g/mol. The molecule has 0 aliphatic heterocycles. The van der Waals surface area contributed by atoms with Crippen molar-refractivity contribution in [3.63, 3.8) is 0 Å². The second-order valence-corrected chi connectivity index (χ2v) is 3.70. The normalized spacial score (nSPS) is 10.1. The number of hydrogen-bond acceptors (Lipinski definition) is 5. The van der Waals surface area contributed by atoms with Gasteiger partial charge in [-0.05, 0) is 12.1 Å². The van der Waals surface area contributed by atoms with Crippen LogP contribution < -0.4 is 19.8 Å². The first-order valence-corrected chi connectivity index (χ1v) is 5.55. The van der Waals surface area contributed by atoms with E-state index in [4.69, 9.17) is 14.2 Å². The van der Waals surface area contributed by atoms with Crippen LogP contribution in [0.2, 0.25) is 0 Å². The standard InChI is InChI=1S/C13H14N2O4/c1-17-9-6-8(7-10(18-2)12(9)19-3)13-14-5-4-11(16)15-13/h4-7H,1-3H3,(H,14,15,16). The van der Waals surface area contributed by atoms with E-state index in [0.717, 1.165) is 0 Å². The maximum Gasteiger partial charge on any atom is 0.251 e. The quantitative estimate of drug-likeness (QED) is 0.903. The van der Waals surface area contributed by atoms with Gasteiger partial charge in [0.2, 0.25) is 5.75 Å². The van der Waals surface area contributed by atoms with Crippen molar-refractivity contribution in [1.29, 1.82) is 0 Å². The molecule has 1 aromatic heterocycles. The molecule has 0 saturated carbocycles. The summed E-state index contributed by atoms with van der Waals surface area (Å²) < 4.78 is 15.7. The molecule has 2 rings (SSSR count). The van der Waals surface area contributed by atoms with Crippen molar-refractivity contribution in [1.82, 2.24) is 9.97 Å². The van der Waals surface area contributed by atoms with Gasteiger partial charge in [0.1, 0.15) is 5.82 Å². The Morgan fingerprint density at radius 3 is 2.16 bits per heavy atom. The molecule has 19 heavy (non-hydrogen) atoms. The second kappa shape index (κ2) is 5.43. The number of hydrogen-bond donors (Lipinski definition) is 1. The van der Waals surface area contributed by atoms with Gasteiger partial charge in [0.05, 0.1) is 21.3 Å². The SMILES string of the molecule is COc1cc(-c2nccc(=O)[nH]2)cc(OC)c1OC. The third-order valence-electron chi connectivity index (χ3n) is 2.61. The summed E-state index contributed by atoms with van der Waals surface area (Å²) in [6.45, 7) is 0. The zero-order chi connectivity index (χ0) is 13.8. The Hall–Kier alpha value is -2.50. The number of rotatable bonds is 4. The predicted molar refractivity (Wildman–Crippen MR) is 69.9 cm³/mol. The predicted octanol–water partition coefficient (Wildman–Crippen LogP) is 1.46. The molecule has 0 radical (unpaired) electrons. The zero-order valence-electron chi connectivity index (χ0n) is 10.9. The van der Waals surface area contributed by atoms with Crippen molar-refractivity contribution in [2.75, 3.05) is 21.3 Å². The van der Waals surface area contributed by atoms with Crippen LogP contribution in [0.3, 0.4) is 0 Å². The second-order valence-electron chi connectivity index (χ2n) is 3.70. The molecular formula is C13H14N2O4. The summed E-state index contributed by atoms with van der Waals surface area (Å²) in [6, 6.07) is 4.79. The minimum Gasteiger partial charge on any atom is -0.493 e. The van der Waals surface area contributed by atoms with Crippen LogP contribution in [0.1, 0.15) is 0 Å². The summed E-state index contributed by atoms with van der Waals surface area (Å²) in [6.07, 6.45) is 1.44. The molecule has 0 unspecified atom stereocenters. The number of aromatic nitrogens is 2. The summed E-state index contributed by atoms with van der Waals surface area (Å²) >= 11 is 0. The Labute approximate surface area is 110 Å².